The number of hydrogen-bond acceptors (Lipinski definition) is 2. The van der Waals surface area contributed by atoms with Crippen molar-refractivity contribution in [3.8, 4) is 0 Å². The molecule has 0 spiro atoms. The van der Waals surface area contributed by atoms with Crippen molar-refractivity contribution < 1.29 is 4.79 Å². The summed E-state index contributed by atoms with van der Waals surface area (Å²) in [6.45, 7) is 5.19. The molecular formula is C16H25N3O. The largest absolute Gasteiger partial charge is 0.325 e. The summed E-state index contributed by atoms with van der Waals surface area (Å²) in [7, 11) is 1.88. The Kier molecular flexibility index (Phi) is 5.01. The lowest BCUT2D eigenvalue weighted by molar-refractivity contribution is 0.169. The second-order valence-corrected chi connectivity index (χ2v) is 5.53. The molecule has 1 aliphatic rings. The van der Waals surface area contributed by atoms with Crippen LogP contribution in [0.4, 0.5) is 10.5 Å². The van der Waals surface area contributed by atoms with Crippen molar-refractivity contribution in [3.63, 3.8) is 0 Å². The molecule has 0 heterocycles. The highest BCUT2D eigenvalue weighted by atomic mass is 16.2. The van der Waals surface area contributed by atoms with Crippen LogP contribution >= 0.6 is 0 Å². The normalized spacial score (nSPS) is 16.4. The number of carbonyl (C=O) groups excluding carboxylic acids is 1. The Hall–Kier alpha value is -1.55. The van der Waals surface area contributed by atoms with Gasteiger partial charge in [0.05, 0.1) is 0 Å². The van der Waals surface area contributed by atoms with Crippen LogP contribution < -0.4 is 10.6 Å². The number of anilines is 1. The van der Waals surface area contributed by atoms with E-state index in [9.17, 15) is 4.79 Å². The maximum atomic E-state index is 12.1. The Labute approximate surface area is 121 Å². The lowest BCUT2D eigenvalue weighted by atomic mass is 9.92. The van der Waals surface area contributed by atoms with Gasteiger partial charge in [-0.25, -0.2) is 4.79 Å². The van der Waals surface area contributed by atoms with Crippen molar-refractivity contribution in [2.45, 2.75) is 45.2 Å². The molecule has 0 aromatic heterocycles. The molecule has 20 heavy (non-hydrogen) atoms. The van der Waals surface area contributed by atoms with E-state index in [4.69, 9.17) is 0 Å². The van der Waals surface area contributed by atoms with Crippen LogP contribution in [0.2, 0.25) is 0 Å². The highest BCUT2D eigenvalue weighted by Crippen LogP contribution is 2.24. The SMILES string of the molecule is CCNC(C)c1ccc(NC(=O)N(C)C2CCC2)cc1. The van der Waals surface area contributed by atoms with Crippen LogP contribution in [0.3, 0.4) is 0 Å². The average Bonchev–Trinajstić information content (AvgIpc) is 2.37. The Bertz CT molecular complexity index is 440. The summed E-state index contributed by atoms with van der Waals surface area (Å²) in [5.41, 5.74) is 2.09. The van der Waals surface area contributed by atoms with Gasteiger partial charge in [-0.2, -0.15) is 0 Å². The van der Waals surface area contributed by atoms with E-state index in [1.54, 1.807) is 0 Å². The Morgan fingerprint density at radius 3 is 2.50 bits per heavy atom. The first kappa shape index (κ1) is 14.9. The molecule has 2 N–H and O–H groups in total. The number of carbonyl (C=O) groups is 1. The van der Waals surface area contributed by atoms with Crippen molar-refractivity contribution in [1.82, 2.24) is 10.2 Å². The zero-order chi connectivity index (χ0) is 14.5. The molecule has 0 radical (unpaired) electrons. The smallest absolute Gasteiger partial charge is 0.321 e. The molecule has 4 heteroatoms. The first-order valence-corrected chi connectivity index (χ1v) is 7.49. The molecule has 110 valence electrons. The molecule has 0 bridgehead atoms. The number of nitrogens with zero attached hydrogens (tertiary/aromatic N) is 1. The molecular weight excluding hydrogens is 250 g/mol. The minimum absolute atomic E-state index is 0.0119. The van der Waals surface area contributed by atoms with Crippen molar-refractivity contribution in [1.29, 1.82) is 0 Å². The van der Waals surface area contributed by atoms with E-state index in [0.29, 0.717) is 12.1 Å². The van der Waals surface area contributed by atoms with Gasteiger partial charge in [-0.3, -0.25) is 0 Å². The van der Waals surface area contributed by atoms with Crippen LogP contribution in [0.5, 0.6) is 0 Å². The predicted molar refractivity (Wildman–Crippen MR) is 83.0 cm³/mol. The molecule has 1 aromatic carbocycles. The van der Waals surface area contributed by atoms with Gasteiger partial charge >= 0.3 is 6.03 Å². The van der Waals surface area contributed by atoms with Crippen molar-refractivity contribution >= 4 is 11.7 Å². The maximum Gasteiger partial charge on any atom is 0.321 e. The number of hydrogen-bond donors (Lipinski definition) is 2. The monoisotopic (exact) mass is 275 g/mol. The van der Waals surface area contributed by atoms with Crippen LogP contribution in [0, 0.1) is 0 Å². The number of nitrogens with one attached hydrogen (secondary N) is 2. The number of amides is 2. The summed E-state index contributed by atoms with van der Waals surface area (Å²) in [6.07, 6.45) is 3.49. The van der Waals surface area contributed by atoms with Gasteiger partial charge in [-0.1, -0.05) is 19.1 Å². The molecule has 1 saturated carbocycles. The standard InChI is InChI=1S/C16H25N3O/c1-4-17-12(2)13-8-10-14(11-9-13)18-16(20)19(3)15-6-5-7-15/h8-12,15,17H,4-7H2,1-3H3,(H,18,20). The highest BCUT2D eigenvalue weighted by molar-refractivity contribution is 5.89. The van der Waals surface area contributed by atoms with Crippen molar-refractivity contribution in [3.05, 3.63) is 29.8 Å². The third kappa shape index (κ3) is 3.51. The molecule has 1 unspecified atom stereocenters. The van der Waals surface area contributed by atoms with E-state index in [1.165, 1.54) is 12.0 Å². The Morgan fingerprint density at radius 2 is 2.00 bits per heavy atom. The van der Waals surface area contributed by atoms with Crippen LogP contribution in [0.1, 0.15) is 44.7 Å². The number of rotatable bonds is 5. The van der Waals surface area contributed by atoms with E-state index in [-0.39, 0.29) is 6.03 Å². The van der Waals surface area contributed by atoms with Crippen LogP contribution in [0.25, 0.3) is 0 Å². The second kappa shape index (κ2) is 6.75. The van der Waals surface area contributed by atoms with Crippen LogP contribution in [0.15, 0.2) is 24.3 Å². The minimum Gasteiger partial charge on any atom is -0.325 e. The van der Waals surface area contributed by atoms with Crippen LogP contribution in [-0.2, 0) is 0 Å². The minimum atomic E-state index is -0.0119. The van der Waals surface area contributed by atoms with E-state index >= 15 is 0 Å². The third-order valence-electron chi connectivity index (χ3n) is 4.12. The van der Waals surface area contributed by atoms with Crippen molar-refractivity contribution in [2.24, 2.45) is 0 Å². The number of urea groups is 1. The Morgan fingerprint density at radius 1 is 1.35 bits per heavy atom. The van der Waals surface area contributed by atoms with Gasteiger partial charge < -0.3 is 15.5 Å². The molecule has 4 nitrogen and oxygen atoms in total. The molecule has 1 fully saturated rings. The van der Waals surface area contributed by atoms with E-state index < -0.39 is 0 Å². The summed E-state index contributed by atoms with van der Waals surface area (Å²) in [6, 6.07) is 8.80. The van der Waals surface area contributed by atoms with Gasteiger partial charge in [0.1, 0.15) is 0 Å². The molecule has 2 amide bonds. The molecule has 2 rings (SSSR count). The second-order valence-electron chi connectivity index (χ2n) is 5.53. The molecule has 0 aliphatic heterocycles. The highest BCUT2D eigenvalue weighted by Gasteiger charge is 2.25. The van der Waals surface area contributed by atoms with Gasteiger partial charge in [0.15, 0.2) is 0 Å². The van der Waals surface area contributed by atoms with Gasteiger partial charge in [0, 0.05) is 24.8 Å². The maximum absolute atomic E-state index is 12.1. The Balaban J connectivity index is 1.91. The van der Waals surface area contributed by atoms with Crippen molar-refractivity contribution in [2.75, 3.05) is 18.9 Å². The summed E-state index contributed by atoms with van der Waals surface area (Å²) in [5.74, 6) is 0. The summed E-state index contributed by atoms with van der Waals surface area (Å²) in [4.78, 5) is 13.9. The molecule has 0 saturated heterocycles. The average molecular weight is 275 g/mol. The third-order valence-corrected chi connectivity index (χ3v) is 4.12. The van der Waals surface area contributed by atoms with Gasteiger partial charge in [-0.05, 0) is 50.4 Å². The zero-order valence-corrected chi connectivity index (χ0v) is 12.6. The molecule has 1 atom stereocenters. The van der Waals surface area contributed by atoms with E-state index in [0.717, 1.165) is 25.1 Å². The summed E-state index contributed by atoms with van der Waals surface area (Å²) < 4.78 is 0. The topological polar surface area (TPSA) is 44.4 Å². The van der Waals surface area contributed by atoms with Gasteiger partial charge in [-0.15, -0.1) is 0 Å². The zero-order valence-electron chi connectivity index (χ0n) is 12.6. The van der Waals surface area contributed by atoms with E-state index in [1.807, 2.05) is 24.1 Å². The summed E-state index contributed by atoms with van der Waals surface area (Å²) in [5, 5.41) is 6.33. The first-order chi connectivity index (χ1) is 9.61. The van der Waals surface area contributed by atoms with Gasteiger partial charge in [0.25, 0.3) is 0 Å². The van der Waals surface area contributed by atoms with Crippen LogP contribution in [-0.4, -0.2) is 30.6 Å². The lowest BCUT2D eigenvalue weighted by Crippen LogP contribution is -2.43. The molecule has 1 aromatic rings. The first-order valence-electron chi connectivity index (χ1n) is 7.49. The predicted octanol–water partition coefficient (Wildman–Crippen LogP) is 3.37. The van der Waals surface area contributed by atoms with E-state index in [2.05, 4.69) is 36.6 Å². The van der Waals surface area contributed by atoms with Gasteiger partial charge in [0.2, 0.25) is 0 Å². The fraction of sp³-hybridized carbons (Fsp3) is 0.562. The molecule has 1 aliphatic carbocycles. The quantitative estimate of drug-likeness (QED) is 0.865. The number of benzene rings is 1. The lowest BCUT2D eigenvalue weighted by Gasteiger charge is -2.34. The fourth-order valence-electron chi connectivity index (χ4n) is 2.43. The summed E-state index contributed by atoms with van der Waals surface area (Å²) >= 11 is 0. The fourth-order valence-corrected chi connectivity index (χ4v) is 2.43.